The van der Waals surface area contributed by atoms with Crippen LogP contribution in [0.1, 0.15) is 11.1 Å². The van der Waals surface area contributed by atoms with Crippen molar-refractivity contribution in [2.24, 2.45) is 0 Å². The topological polar surface area (TPSA) is 56.5 Å². The van der Waals surface area contributed by atoms with E-state index < -0.39 is 11.6 Å². The summed E-state index contributed by atoms with van der Waals surface area (Å²) in [4.78, 5) is 24.4. The molecular formula is C25H17FO4. The van der Waals surface area contributed by atoms with E-state index in [-0.39, 0.29) is 5.82 Å². The molecule has 0 bridgehead atoms. The molecule has 0 spiro atoms. The molecule has 30 heavy (non-hydrogen) atoms. The van der Waals surface area contributed by atoms with Crippen LogP contribution in [0.5, 0.6) is 5.75 Å². The predicted molar refractivity (Wildman–Crippen MR) is 114 cm³/mol. The average molecular weight is 400 g/mol. The number of carbonyl (C=O) groups is 1. The number of aryl methyl sites for hydroxylation is 1. The number of rotatable bonds is 4. The molecule has 1 aromatic heterocycles. The van der Waals surface area contributed by atoms with Crippen LogP contribution >= 0.6 is 0 Å². The number of esters is 1. The van der Waals surface area contributed by atoms with Gasteiger partial charge in [-0.05, 0) is 54.0 Å². The lowest BCUT2D eigenvalue weighted by Crippen LogP contribution is -2.06. The first-order valence-corrected chi connectivity index (χ1v) is 9.29. The van der Waals surface area contributed by atoms with E-state index in [2.05, 4.69) is 0 Å². The molecule has 0 N–H and O–H groups in total. The van der Waals surface area contributed by atoms with Crippen LogP contribution in [0.25, 0.3) is 28.2 Å². The minimum absolute atomic E-state index is 0.296. The molecule has 4 nitrogen and oxygen atoms in total. The molecule has 0 saturated heterocycles. The van der Waals surface area contributed by atoms with Gasteiger partial charge in [0.05, 0.1) is 0 Å². The van der Waals surface area contributed by atoms with Crippen molar-refractivity contribution in [1.82, 2.24) is 0 Å². The summed E-state index contributed by atoms with van der Waals surface area (Å²) in [5.74, 6) is -0.647. The van der Waals surface area contributed by atoms with Gasteiger partial charge >= 0.3 is 11.6 Å². The number of benzene rings is 3. The average Bonchev–Trinajstić information content (AvgIpc) is 2.76. The first-order valence-electron chi connectivity index (χ1n) is 9.29. The molecule has 0 unspecified atom stereocenters. The second-order valence-electron chi connectivity index (χ2n) is 6.72. The summed E-state index contributed by atoms with van der Waals surface area (Å²) in [6, 6.07) is 20.1. The lowest BCUT2D eigenvalue weighted by atomic mass is 10.0. The zero-order valence-electron chi connectivity index (χ0n) is 16.1. The fourth-order valence-corrected chi connectivity index (χ4v) is 3.19. The van der Waals surface area contributed by atoms with Gasteiger partial charge in [0.2, 0.25) is 0 Å². The van der Waals surface area contributed by atoms with E-state index >= 15 is 0 Å². The van der Waals surface area contributed by atoms with Crippen molar-refractivity contribution in [3.05, 3.63) is 106 Å². The Kier molecular flexibility index (Phi) is 5.26. The van der Waals surface area contributed by atoms with Gasteiger partial charge in [0.25, 0.3) is 0 Å². The van der Waals surface area contributed by atoms with E-state index in [4.69, 9.17) is 9.15 Å². The van der Waals surface area contributed by atoms with Crippen LogP contribution < -0.4 is 10.4 Å². The summed E-state index contributed by atoms with van der Waals surface area (Å²) in [7, 11) is 0. The Morgan fingerprint density at radius 3 is 2.47 bits per heavy atom. The van der Waals surface area contributed by atoms with Gasteiger partial charge in [0.1, 0.15) is 17.1 Å². The molecule has 1 heterocycles. The van der Waals surface area contributed by atoms with Crippen LogP contribution in [-0.2, 0) is 4.79 Å². The van der Waals surface area contributed by atoms with E-state index in [1.807, 2.05) is 30.3 Å². The molecular weight excluding hydrogens is 383 g/mol. The van der Waals surface area contributed by atoms with Crippen molar-refractivity contribution in [1.29, 1.82) is 0 Å². The zero-order chi connectivity index (χ0) is 21.1. The molecule has 0 aliphatic heterocycles. The van der Waals surface area contributed by atoms with Gasteiger partial charge in [-0.25, -0.2) is 14.0 Å². The van der Waals surface area contributed by atoms with Crippen LogP contribution in [0.15, 0.2) is 88.1 Å². The maximum atomic E-state index is 13.0. The summed E-state index contributed by atoms with van der Waals surface area (Å²) < 4.78 is 23.8. The van der Waals surface area contributed by atoms with Crippen LogP contribution in [0, 0.1) is 12.7 Å². The van der Waals surface area contributed by atoms with Gasteiger partial charge in [-0.1, -0.05) is 42.5 Å². The fourth-order valence-electron chi connectivity index (χ4n) is 3.19. The molecule has 0 fully saturated rings. The first kappa shape index (κ1) is 19.3. The highest BCUT2D eigenvalue weighted by Gasteiger charge is 2.14. The maximum Gasteiger partial charge on any atom is 0.336 e. The highest BCUT2D eigenvalue weighted by Crippen LogP contribution is 2.33. The SMILES string of the molecule is Cc1c(OC(=O)/C=C/c2ccc(F)cc2)ccc2c(-c3ccccc3)cc(=O)oc12. The van der Waals surface area contributed by atoms with Crippen LogP contribution in [-0.4, -0.2) is 5.97 Å². The number of halogens is 1. The molecule has 0 atom stereocenters. The fraction of sp³-hybridized carbons (Fsp3) is 0.0400. The molecule has 5 heteroatoms. The molecule has 4 rings (SSSR count). The second kappa shape index (κ2) is 8.17. The van der Waals surface area contributed by atoms with Gasteiger partial charge in [-0.2, -0.15) is 0 Å². The normalized spacial score (nSPS) is 11.1. The van der Waals surface area contributed by atoms with Crippen LogP contribution in [0.4, 0.5) is 4.39 Å². The van der Waals surface area contributed by atoms with E-state index in [0.717, 1.165) is 16.5 Å². The third-order valence-electron chi connectivity index (χ3n) is 4.69. The Balaban J connectivity index is 1.66. The van der Waals surface area contributed by atoms with Gasteiger partial charge in [-0.15, -0.1) is 0 Å². The molecule has 0 aliphatic rings. The molecule has 4 aromatic rings. The van der Waals surface area contributed by atoms with Gasteiger partial charge in [-0.3, -0.25) is 0 Å². The third-order valence-corrected chi connectivity index (χ3v) is 4.69. The summed E-state index contributed by atoms with van der Waals surface area (Å²) in [5, 5.41) is 0.750. The van der Waals surface area contributed by atoms with Crippen LogP contribution in [0.3, 0.4) is 0 Å². The quantitative estimate of drug-likeness (QED) is 0.196. The summed E-state index contributed by atoms with van der Waals surface area (Å²) in [6.45, 7) is 1.73. The van der Waals surface area contributed by atoms with Crippen LogP contribution in [0.2, 0.25) is 0 Å². The molecule has 0 aliphatic carbocycles. The van der Waals surface area contributed by atoms with Crippen molar-refractivity contribution in [3.63, 3.8) is 0 Å². The van der Waals surface area contributed by atoms with Crippen molar-refractivity contribution < 1.29 is 18.3 Å². The Morgan fingerprint density at radius 1 is 1.00 bits per heavy atom. The van der Waals surface area contributed by atoms with Crippen molar-refractivity contribution >= 4 is 23.0 Å². The van der Waals surface area contributed by atoms with Gasteiger partial charge < -0.3 is 9.15 Å². The van der Waals surface area contributed by atoms with Gasteiger partial charge in [0.15, 0.2) is 0 Å². The smallest absolute Gasteiger partial charge is 0.336 e. The molecule has 3 aromatic carbocycles. The number of ether oxygens (including phenoxy) is 1. The van der Waals surface area contributed by atoms with Crippen molar-refractivity contribution in [3.8, 4) is 16.9 Å². The minimum Gasteiger partial charge on any atom is -0.423 e. The standard InChI is InChI=1S/C25H17FO4/c1-16-22(29-23(27)14-9-17-7-10-19(26)11-8-17)13-12-20-21(15-24(28)30-25(16)20)18-5-3-2-4-6-18/h2-15H,1H3/b14-9+. The lowest BCUT2D eigenvalue weighted by molar-refractivity contribution is -0.128. The minimum atomic E-state index is -0.594. The van der Waals surface area contributed by atoms with Crippen molar-refractivity contribution in [2.75, 3.05) is 0 Å². The Bertz CT molecular complexity index is 1300. The highest BCUT2D eigenvalue weighted by molar-refractivity contribution is 5.96. The maximum absolute atomic E-state index is 13.0. The lowest BCUT2D eigenvalue weighted by Gasteiger charge is -2.11. The first-order chi connectivity index (χ1) is 14.5. The van der Waals surface area contributed by atoms with E-state index in [0.29, 0.717) is 22.5 Å². The summed E-state index contributed by atoms with van der Waals surface area (Å²) in [5.41, 5.74) is 2.74. The number of hydrogen-bond acceptors (Lipinski definition) is 4. The number of carbonyl (C=O) groups excluding carboxylic acids is 1. The van der Waals surface area contributed by atoms with E-state index in [9.17, 15) is 14.0 Å². The van der Waals surface area contributed by atoms with E-state index in [1.54, 1.807) is 31.2 Å². The Hall–Kier alpha value is -3.99. The molecule has 0 amide bonds. The summed E-state index contributed by atoms with van der Waals surface area (Å²) >= 11 is 0. The third kappa shape index (κ3) is 4.05. The molecule has 148 valence electrons. The highest BCUT2D eigenvalue weighted by atomic mass is 19.1. The number of fused-ring (bicyclic) bond motifs is 1. The monoisotopic (exact) mass is 400 g/mol. The Morgan fingerprint density at radius 2 is 1.73 bits per heavy atom. The summed E-state index contributed by atoms with van der Waals surface area (Å²) in [6.07, 6.45) is 2.79. The van der Waals surface area contributed by atoms with Gasteiger partial charge in [0, 0.05) is 23.1 Å². The second-order valence-corrected chi connectivity index (χ2v) is 6.72. The number of hydrogen-bond donors (Lipinski definition) is 0. The van der Waals surface area contributed by atoms with Crippen molar-refractivity contribution in [2.45, 2.75) is 6.92 Å². The Labute approximate surface area is 171 Å². The molecule has 0 radical (unpaired) electrons. The van der Waals surface area contributed by atoms with E-state index in [1.165, 1.54) is 30.4 Å². The largest absolute Gasteiger partial charge is 0.423 e. The molecule has 0 saturated carbocycles. The zero-order valence-corrected chi connectivity index (χ0v) is 16.1. The predicted octanol–water partition coefficient (Wildman–Crippen LogP) is 5.53.